The minimum atomic E-state index is -0.886. The minimum Gasteiger partial charge on any atom is -0.495 e. The van der Waals surface area contributed by atoms with E-state index in [-0.39, 0.29) is 29.8 Å². The number of nitrogens with one attached hydrogen (secondary N) is 3. The zero-order chi connectivity index (χ0) is 30.3. The number of amides is 3. The number of aromatic amines is 1. The summed E-state index contributed by atoms with van der Waals surface area (Å²) in [5.74, 6) is 0.0734. The molecule has 4 aromatic rings. The molecule has 0 saturated carbocycles. The molecule has 43 heavy (non-hydrogen) atoms. The molecule has 3 aromatic carbocycles. The van der Waals surface area contributed by atoms with Crippen LogP contribution in [0.4, 0.5) is 14.9 Å². The maximum atomic E-state index is 13.9. The van der Waals surface area contributed by atoms with Crippen molar-refractivity contribution in [3.63, 3.8) is 0 Å². The van der Waals surface area contributed by atoms with Gasteiger partial charge in [0, 0.05) is 48.9 Å². The van der Waals surface area contributed by atoms with Gasteiger partial charge in [-0.2, -0.15) is 0 Å². The van der Waals surface area contributed by atoms with Gasteiger partial charge in [0.1, 0.15) is 29.5 Å². The van der Waals surface area contributed by atoms with Gasteiger partial charge >= 0.3 is 6.03 Å². The minimum absolute atomic E-state index is 0.0907. The molecule has 5 rings (SSSR count). The first-order valence-electron chi connectivity index (χ1n) is 14.6. The molecule has 10 heteroatoms. The molecule has 1 aliphatic rings. The summed E-state index contributed by atoms with van der Waals surface area (Å²) >= 11 is 0. The Morgan fingerprint density at radius 1 is 1.09 bits per heavy atom. The van der Waals surface area contributed by atoms with E-state index in [1.54, 1.807) is 30.2 Å². The molecule has 9 nitrogen and oxygen atoms in total. The van der Waals surface area contributed by atoms with Crippen LogP contribution in [-0.4, -0.2) is 60.7 Å². The number of rotatable bonds is 10. The number of piperidine rings is 1. The van der Waals surface area contributed by atoms with Gasteiger partial charge in [-0.15, -0.1) is 0 Å². The number of halogens is 1. The molecule has 2 atom stereocenters. The first kappa shape index (κ1) is 29.9. The van der Waals surface area contributed by atoms with Crippen molar-refractivity contribution in [3.8, 4) is 11.5 Å². The second-order valence-electron chi connectivity index (χ2n) is 10.8. The number of para-hydroxylation sites is 1. The number of fused-ring (bicyclic) bond motifs is 1. The number of ether oxygens (including phenoxy) is 2. The third-order valence-corrected chi connectivity index (χ3v) is 7.97. The smallest absolute Gasteiger partial charge is 0.318 e. The largest absolute Gasteiger partial charge is 0.495 e. The number of carbonyl (C=O) groups is 2. The van der Waals surface area contributed by atoms with Crippen molar-refractivity contribution >= 4 is 28.5 Å². The number of carbonyl (C=O) groups excluding carboxylic acids is 2. The fourth-order valence-corrected chi connectivity index (χ4v) is 5.56. The number of H-pyrrole nitrogens is 1. The molecule has 1 fully saturated rings. The Kier molecular flexibility index (Phi) is 9.46. The van der Waals surface area contributed by atoms with Crippen LogP contribution in [0, 0.1) is 5.82 Å². The number of nitrogens with zero attached hydrogens (tertiary/aromatic N) is 1. The molecule has 2 heterocycles. The number of likely N-dealkylation sites (tertiary alicyclic amines) is 1. The molecule has 0 bridgehead atoms. The predicted octanol–water partition coefficient (Wildman–Crippen LogP) is 5.18. The van der Waals surface area contributed by atoms with Gasteiger partial charge in [0.05, 0.1) is 12.8 Å². The van der Waals surface area contributed by atoms with E-state index in [1.165, 1.54) is 12.1 Å². The van der Waals surface area contributed by atoms with Gasteiger partial charge in [-0.25, -0.2) is 9.18 Å². The number of nitrogens with two attached hydrogens (primary N) is 1. The van der Waals surface area contributed by atoms with Crippen LogP contribution in [0.15, 0.2) is 72.9 Å². The molecular formula is C33H38FN5O4. The number of aromatic nitrogens is 1. The van der Waals surface area contributed by atoms with Crippen LogP contribution in [0.2, 0.25) is 0 Å². The first-order valence-corrected chi connectivity index (χ1v) is 14.6. The molecule has 1 aromatic heterocycles. The molecular weight excluding hydrogens is 549 g/mol. The number of methoxy groups -OCH3 is 1. The summed E-state index contributed by atoms with van der Waals surface area (Å²) in [6, 6.07) is 18.2. The zero-order valence-electron chi connectivity index (χ0n) is 24.4. The van der Waals surface area contributed by atoms with Crippen LogP contribution in [0.5, 0.6) is 11.5 Å². The fraction of sp³-hybridized carbons (Fsp3) is 0.333. The Hall–Kier alpha value is -4.57. The summed E-state index contributed by atoms with van der Waals surface area (Å²) in [5.41, 5.74) is 9.11. The van der Waals surface area contributed by atoms with Crippen LogP contribution in [0.1, 0.15) is 36.8 Å². The lowest BCUT2D eigenvalue weighted by molar-refractivity contribution is -0.118. The third kappa shape index (κ3) is 7.09. The summed E-state index contributed by atoms with van der Waals surface area (Å²) in [7, 11) is 1.55. The predicted molar refractivity (Wildman–Crippen MR) is 165 cm³/mol. The zero-order valence-corrected chi connectivity index (χ0v) is 24.4. The van der Waals surface area contributed by atoms with E-state index >= 15 is 0 Å². The number of hydrogen-bond donors (Lipinski definition) is 4. The van der Waals surface area contributed by atoms with Gasteiger partial charge in [0.25, 0.3) is 0 Å². The lowest BCUT2D eigenvalue weighted by Crippen LogP contribution is -2.53. The highest BCUT2D eigenvalue weighted by atomic mass is 19.1. The van der Waals surface area contributed by atoms with E-state index in [0.29, 0.717) is 56.1 Å². The average molecular weight is 588 g/mol. The third-order valence-electron chi connectivity index (χ3n) is 7.97. The van der Waals surface area contributed by atoms with Crippen LogP contribution in [0.25, 0.3) is 10.9 Å². The molecule has 1 saturated heterocycles. The van der Waals surface area contributed by atoms with Crippen molar-refractivity contribution in [2.24, 2.45) is 5.73 Å². The van der Waals surface area contributed by atoms with Gasteiger partial charge in [0.2, 0.25) is 5.91 Å². The Balaban J connectivity index is 1.33. The average Bonchev–Trinajstić information content (AvgIpc) is 3.45. The molecule has 5 N–H and O–H groups in total. The van der Waals surface area contributed by atoms with E-state index in [4.69, 9.17) is 15.2 Å². The highest BCUT2D eigenvalue weighted by Gasteiger charge is 2.33. The molecule has 1 aliphatic heterocycles. The van der Waals surface area contributed by atoms with Gasteiger partial charge < -0.3 is 35.7 Å². The van der Waals surface area contributed by atoms with Gasteiger partial charge in [-0.1, -0.05) is 31.2 Å². The van der Waals surface area contributed by atoms with E-state index in [9.17, 15) is 14.0 Å². The van der Waals surface area contributed by atoms with Crippen molar-refractivity contribution in [1.29, 1.82) is 0 Å². The Bertz CT molecular complexity index is 1550. The summed E-state index contributed by atoms with van der Waals surface area (Å²) in [6.45, 7) is 3.33. The van der Waals surface area contributed by atoms with Gasteiger partial charge in [-0.05, 0) is 66.6 Å². The molecule has 0 radical (unpaired) electrons. The van der Waals surface area contributed by atoms with E-state index in [1.807, 2.05) is 49.5 Å². The maximum absolute atomic E-state index is 13.9. The van der Waals surface area contributed by atoms with Crippen molar-refractivity contribution < 1.29 is 23.5 Å². The number of hydrogen-bond acceptors (Lipinski definition) is 5. The quantitative estimate of drug-likeness (QED) is 0.204. The molecule has 3 amide bonds. The highest BCUT2D eigenvalue weighted by Crippen LogP contribution is 2.31. The van der Waals surface area contributed by atoms with Crippen LogP contribution in [0.3, 0.4) is 0 Å². The fourth-order valence-electron chi connectivity index (χ4n) is 5.56. The summed E-state index contributed by atoms with van der Waals surface area (Å²) in [6.07, 6.45) is 3.68. The van der Waals surface area contributed by atoms with Crippen molar-refractivity contribution in [3.05, 3.63) is 89.9 Å². The summed E-state index contributed by atoms with van der Waals surface area (Å²) in [4.78, 5) is 32.5. The van der Waals surface area contributed by atoms with E-state index in [2.05, 4.69) is 15.6 Å². The second kappa shape index (κ2) is 13.6. The Morgan fingerprint density at radius 2 is 1.84 bits per heavy atom. The lowest BCUT2D eigenvalue weighted by atomic mass is 9.92. The number of anilines is 1. The highest BCUT2D eigenvalue weighted by molar-refractivity contribution is 5.99. The van der Waals surface area contributed by atoms with Crippen LogP contribution in [-0.2, 0) is 11.2 Å². The number of urea groups is 1. The molecule has 2 unspecified atom stereocenters. The van der Waals surface area contributed by atoms with E-state index in [0.717, 1.165) is 22.0 Å². The molecule has 0 spiro atoms. The van der Waals surface area contributed by atoms with Gasteiger partial charge in [-0.3, -0.25) is 4.79 Å². The molecule has 226 valence electrons. The van der Waals surface area contributed by atoms with Crippen molar-refractivity contribution in [1.82, 2.24) is 15.2 Å². The van der Waals surface area contributed by atoms with Crippen molar-refractivity contribution in [2.45, 2.75) is 44.2 Å². The summed E-state index contributed by atoms with van der Waals surface area (Å²) in [5, 5.41) is 7.02. The standard InChI is InChI=1S/C33H38FN5O4/c1-21(27-20-36-28-6-4-3-5-26(27)28)31(32(40)37-29-19-22(13-16-35)7-12-30(29)42-2)38-33(41)39-17-14-25(15-18-39)43-24-10-8-23(34)9-11-24/h3-12,19-21,25,31,36H,13-18,35H2,1-2H3,(H,37,40)(H,38,41). The van der Waals surface area contributed by atoms with Crippen LogP contribution < -0.4 is 25.8 Å². The Labute approximate surface area is 250 Å². The SMILES string of the molecule is COc1ccc(CCN)cc1NC(=O)C(NC(=O)N1CCC(Oc2ccc(F)cc2)CC1)C(C)c1c[nH]c2ccccc12. The molecule has 0 aliphatic carbocycles. The lowest BCUT2D eigenvalue weighted by Gasteiger charge is -2.34. The topological polar surface area (TPSA) is 122 Å². The normalized spacial score (nSPS) is 15.1. The monoisotopic (exact) mass is 587 g/mol. The number of benzene rings is 3. The Morgan fingerprint density at radius 3 is 2.56 bits per heavy atom. The maximum Gasteiger partial charge on any atom is 0.318 e. The summed E-state index contributed by atoms with van der Waals surface area (Å²) < 4.78 is 24.7. The van der Waals surface area contributed by atoms with E-state index < -0.39 is 6.04 Å². The first-order chi connectivity index (χ1) is 20.9. The second-order valence-corrected chi connectivity index (χ2v) is 10.8. The van der Waals surface area contributed by atoms with Gasteiger partial charge in [0.15, 0.2) is 0 Å². The van der Waals surface area contributed by atoms with Crippen LogP contribution >= 0.6 is 0 Å². The van der Waals surface area contributed by atoms with Crippen molar-refractivity contribution in [2.75, 3.05) is 32.1 Å².